The van der Waals surface area contributed by atoms with Crippen LogP contribution in [0.5, 0.6) is 11.5 Å². The topological polar surface area (TPSA) is 93.0 Å². The van der Waals surface area contributed by atoms with E-state index >= 15 is 0 Å². The highest BCUT2D eigenvalue weighted by Gasteiger charge is 2.29. The van der Waals surface area contributed by atoms with Crippen LogP contribution in [0, 0.1) is 0 Å². The van der Waals surface area contributed by atoms with Gasteiger partial charge in [0.2, 0.25) is 12.7 Å². The number of carbonyl (C=O) groups excluding carboxylic acids is 1. The molecular weight excluding hydrogens is 446 g/mol. The fourth-order valence-electron chi connectivity index (χ4n) is 4.49. The minimum absolute atomic E-state index is 0.122. The van der Waals surface area contributed by atoms with Crippen LogP contribution in [0.3, 0.4) is 0 Å². The number of anilines is 2. The minimum atomic E-state index is -0.598. The van der Waals surface area contributed by atoms with Gasteiger partial charge in [0.15, 0.2) is 17.2 Å². The van der Waals surface area contributed by atoms with Crippen molar-refractivity contribution in [1.29, 1.82) is 0 Å². The van der Waals surface area contributed by atoms with E-state index in [1.54, 1.807) is 18.2 Å². The summed E-state index contributed by atoms with van der Waals surface area (Å²) >= 11 is 6.34. The molecule has 0 radical (unpaired) electrons. The fraction of sp³-hybridized carbons (Fsp3) is 0.333. The molecule has 1 amide bonds. The Morgan fingerprint density at radius 2 is 1.94 bits per heavy atom. The third-order valence-corrected chi connectivity index (χ3v) is 6.20. The highest BCUT2D eigenvalue weighted by molar-refractivity contribution is 6.31. The summed E-state index contributed by atoms with van der Waals surface area (Å²) in [5, 5.41) is 7.28. The summed E-state index contributed by atoms with van der Waals surface area (Å²) in [5.41, 5.74) is 1.55. The van der Waals surface area contributed by atoms with Gasteiger partial charge >= 0.3 is 5.63 Å². The zero-order valence-corrected chi connectivity index (χ0v) is 18.9. The lowest BCUT2D eigenvalue weighted by Crippen LogP contribution is -2.43. The van der Waals surface area contributed by atoms with Gasteiger partial charge in [-0.3, -0.25) is 4.79 Å². The fourth-order valence-corrected chi connectivity index (χ4v) is 4.66. The summed E-state index contributed by atoms with van der Waals surface area (Å²) in [7, 11) is 0. The lowest BCUT2D eigenvalue weighted by atomic mass is 10.0. The molecule has 1 aromatic heterocycles. The number of nitrogens with one attached hydrogen (secondary N) is 2. The highest BCUT2D eigenvalue weighted by Crippen LogP contribution is 2.39. The summed E-state index contributed by atoms with van der Waals surface area (Å²) in [6.45, 7) is 3.79. The third-order valence-electron chi connectivity index (χ3n) is 5.97. The molecular formula is C24H24ClN3O5. The molecule has 8 nitrogen and oxygen atoms in total. The maximum absolute atomic E-state index is 13.0. The van der Waals surface area contributed by atoms with E-state index in [1.165, 1.54) is 6.92 Å². The van der Waals surface area contributed by atoms with E-state index < -0.39 is 5.63 Å². The van der Waals surface area contributed by atoms with Gasteiger partial charge in [-0.25, -0.2) is 4.79 Å². The summed E-state index contributed by atoms with van der Waals surface area (Å²) in [6.07, 6.45) is 1.76. The second-order valence-electron chi connectivity index (χ2n) is 8.23. The molecule has 3 heterocycles. The lowest BCUT2D eigenvalue weighted by molar-refractivity contribution is -0.114. The molecule has 5 rings (SSSR count). The molecule has 0 aliphatic carbocycles. The predicted molar refractivity (Wildman–Crippen MR) is 126 cm³/mol. The first kappa shape index (κ1) is 21.6. The normalized spacial score (nSPS) is 15.6. The van der Waals surface area contributed by atoms with Crippen LogP contribution in [0.1, 0.15) is 25.3 Å². The van der Waals surface area contributed by atoms with E-state index in [0.717, 1.165) is 31.5 Å². The van der Waals surface area contributed by atoms with E-state index in [-0.39, 0.29) is 24.4 Å². The van der Waals surface area contributed by atoms with Crippen molar-refractivity contribution >= 4 is 39.9 Å². The Kier molecular flexibility index (Phi) is 5.86. The van der Waals surface area contributed by atoms with E-state index in [4.69, 9.17) is 25.5 Å². The monoisotopic (exact) mass is 469 g/mol. The maximum atomic E-state index is 13.0. The van der Waals surface area contributed by atoms with Crippen LogP contribution < -0.4 is 30.6 Å². The van der Waals surface area contributed by atoms with Gasteiger partial charge in [0.05, 0.1) is 5.69 Å². The zero-order chi connectivity index (χ0) is 22.9. The van der Waals surface area contributed by atoms with E-state index in [1.807, 2.05) is 18.2 Å². The summed E-state index contributed by atoms with van der Waals surface area (Å²) in [6, 6.07) is 11.1. The number of benzene rings is 2. The van der Waals surface area contributed by atoms with Crippen molar-refractivity contribution in [2.24, 2.45) is 0 Å². The van der Waals surface area contributed by atoms with Gasteiger partial charge in [-0.15, -0.1) is 0 Å². The van der Waals surface area contributed by atoms with Crippen molar-refractivity contribution < 1.29 is 18.7 Å². The van der Waals surface area contributed by atoms with Gasteiger partial charge in [0.25, 0.3) is 0 Å². The van der Waals surface area contributed by atoms with Crippen molar-refractivity contribution in [2.75, 3.05) is 30.1 Å². The molecule has 2 aliphatic heterocycles. The van der Waals surface area contributed by atoms with Crippen LogP contribution in [0.15, 0.2) is 45.6 Å². The molecule has 2 aromatic carbocycles. The number of ether oxygens (including phenoxy) is 2. The number of fused-ring (bicyclic) bond motifs is 2. The van der Waals surface area contributed by atoms with E-state index in [0.29, 0.717) is 39.7 Å². The third kappa shape index (κ3) is 4.36. The largest absolute Gasteiger partial charge is 0.454 e. The minimum Gasteiger partial charge on any atom is -0.454 e. The molecule has 0 bridgehead atoms. The number of carbonyl (C=O) groups is 1. The first-order valence-electron chi connectivity index (χ1n) is 10.9. The second-order valence-corrected chi connectivity index (χ2v) is 8.67. The number of piperidine rings is 1. The molecule has 1 fully saturated rings. The summed E-state index contributed by atoms with van der Waals surface area (Å²) in [4.78, 5) is 27.2. The van der Waals surface area contributed by atoms with Gasteiger partial charge < -0.3 is 29.4 Å². The molecule has 172 valence electrons. The molecule has 3 aromatic rings. The highest BCUT2D eigenvalue weighted by atomic mass is 35.5. The average molecular weight is 470 g/mol. The van der Waals surface area contributed by atoms with E-state index in [9.17, 15) is 9.59 Å². The van der Waals surface area contributed by atoms with Crippen LogP contribution in [-0.4, -0.2) is 31.8 Å². The Hall–Kier alpha value is -3.23. The quantitative estimate of drug-likeness (QED) is 0.547. The number of hydrogen-bond donors (Lipinski definition) is 2. The SMILES string of the molecule is CC(=O)Nc1c(N(Cc2ccc3c(c2)OCO3)C2CCNCC2)c2cc(Cl)ccc2oc1=O. The van der Waals surface area contributed by atoms with Crippen LogP contribution in [0.25, 0.3) is 11.0 Å². The zero-order valence-electron chi connectivity index (χ0n) is 18.2. The molecule has 9 heteroatoms. The van der Waals surface area contributed by atoms with Crippen molar-refractivity contribution in [3.8, 4) is 11.5 Å². The van der Waals surface area contributed by atoms with Crippen molar-refractivity contribution in [2.45, 2.75) is 32.4 Å². The van der Waals surface area contributed by atoms with Crippen LogP contribution >= 0.6 is 11.6 Å². The van der Waals surface area contributed by atoms with Gasteiger partial charge in [-0.05, 0) is 61.8 Å². The molecule has 2 aliphatic rings. The maximum Gasteiger partial charge on any atom is 0.362 e. The number of nitrogens with zero attached hydrogens (tertiary/aromatic N) is 1. The lowest BCUT2D eigenvalue weighted by Gasteiger charge is -2.38. The number of hydrogen-bond acceptors (Lipinski definition) is 7. The average Bonchev–Trinajstić information content (AvgIpc) is 3.27. The molecule has 0 spiro atoms. The Balaban J connectivity index is 1.69. The molecule has 0 saturated carbocycles. The van der Waals surface area contributed by atoms with Crippen molar-refractivity contribution in [3.63, 3.8) is 0 Å². The van der Waals surface area contributed by atoms with Crippen LogP contribution in [0.2, 0.25) is 5.02 Å². The van der Waals surface area contributed by atoms with Gasteiger partial charge in [0.1, 0.15) is 5.58 Å². The van der Waals surface area contributed by atoms with Gasteiger partial charge in [-0.2, -0.15) is 0 Å². The molecule has 1 saturated heterocycles. The van der Waals surface area contributed by atoms with Crippen LogP contribution in [0.4, 0.5) is 11.4 Å². The number of rotatable bonds is 5. The Morgan fingerprint density at radius 1 is 1.15 bits per heavy atom. The van der Waals surface area contributed by atoms with Gasteiger partial charge in [0, 0.05) is 29.9 Å². The molecule has 0 atom stereocenters. The number of halogens is 1. The first-order chi connectivity index (χ1) is 16.0. The van der Waals surface area contributed by atoms with Gasteiger partial charge in [-0.1, -0.05) is 17.7 Å². The number of amides is 1. The Morgan fingerprint density at radius 3 is 2.73 bits per heavy atom. The molecule has 0 unspecified atom stereocenters. The standard InChI is InChI=1S/C24H24ClN3O5/c1-14(29)27-22-23(18-11-16(25)3-5-19(18)33-24(22)30)28(17-6-8-26-9-7-17)12-15-2-4-20-21(10-15)32-13-31-20/h2-5,10-11,17,26H,6-9,12-13H2,1H3,(H,27,29). The second kappa shape index (κ2) is 8.96. The Bertz CT molecular complexity index is 1270. The van der Waals surface area contributed by atoms with Crippen LogP contribution in [-0.2, 0) is 11.3 Å². The predicted octanol–water partition coefficient (Wildman–Crippen LogP) is 3.89. The Labute approximate surface area is 195 Å². The summed E-state index contributed by atoms with van der Waals surface area (Å²) < 4.78 is 16.5. The van der Waals surface area contributed by atoms with Crippen molar-refractivity contribution in [1.82, 2.24) is 5.32 Å². The molecule has 2 N–H and O–H groups in total. The van der Waals surface area contributed by atoms with E-state index in [2.05, 4.69) is 15.5 Å². The summed E-state index contributed by atoms with van der Waals surface area (Å²) in [5.74, 6) is 1.06. The smallest absolute Gasteiger partial charge is 0.362 e. The van der Waals surface area contributed by atoms with Crippen molar-refractivity contribution in [3.05, 3.63) is 57.4 Å². The molecule has 33 heavy (non-hydrogen) atoms. The first-order valence-corrected chi connectivity index (χ1v) is 11.3.